The molecule has 1 heterocycles. The molecular weight excluding hydrogens is 795 g/mol. The fraction of sp³-hybridized carbons (Fsp3) is 0.400. The molecule has 5 atom stereocenters. The van der Waals surface area contributed by atoms with Crippen LogP contribution in [-0.2, 0) is 52.8 Å². The summed E-state index contributed by atoms with van der Waals surface area (Å²) in [4.78, 5) is 96.2. The van der Waals surface area contributed by atoms with Gasteiger partial charge in [0.15, 0.2) is 0 Å². The van der Waals surface area contributed by atoms with Crippen molar-refractivity contribution in [1.82, 2.24) is 36.9 Å². The summed E-state index contributed by atoms with van der Waals surface area (Å²) in [7, 11) is 0. The number of carbonyl (C=O) groups excluding carboxylic acids is 7. The molecule has 0 bridgehead atoms. The number of amides is 7. The summed E-state index contributed by atoms with van der Waals surface area (Å²) in [5.41, 5.74) is 14.4. The number of phenols is 1. The van der Waals surface area contributed by atoms with E-state index in [9.17, 15) is 38.7 Å². The Morgan fingerprint density at radius 3 is 1.87 bits per heavy atom. The van der Waals surface area contributed by atoms with Crippen molar-refractivity contribution in [3.05, 3.63) is 102 Å². The minimum Gasteiger partial charge on any atom is -0.508 e. The molecule has 0 saturated heterocycles. The van der Waals surface area contributed by atoms with Gasteiger partial charge in [0.2, 0.25) is 41.4 Å². The summed E-state index contributed by atoms with van der Waals surface area (Å²) in [6.45, 7) is 4.81. The second-order valence-electron chi connectivity index (χ2n) is 15.7. The van der Waals surface area contributed by atoms with E-state index in [0.29, 0.717) is 36.9 Å². The van der Waals surface area contributed by atoms with Crippen molar-refractivity contribution in [1.29, 1.82) is 0 Å². The molecule has 0 unspecified atom stereocenters. The molecule has 0 spiro atoms. The summed E-state index contributed by atoms with van der Waals surface area (Å²) in [6, 6.07) is 16.8. The molecule has 62 heavy (non-hydrogen) atoms. The first-order chi connectivity index (χ1) is 29.6. The van der Waals surface area contributed by atoms with E-state index in [1.54, 1.807) is 48.7 Å². The molecule has 4 aromatic rings. The Morgan fingerprint density at radius 1 is 0.645 bits per heavy atom. The van der Waals surface area contributed by atoms with E-state index in [1.165, 1.54) is 19.1 Å². The Hall–Kier alpha value is -6.75. The lowest BCUT2D eigenvalue weighted by Crippen LogP contribution is -2.58. The molecule has 1 aromatic heterocycles. The van der Waals surface area contributed by atoms with Gasteiger partial charge in [-0.05, 0) is 73.0 Å². The number of para-hydroxylation sites is 1. The fourth-order valence-corrected chi connectivity index (χ4v) is 6.94. The molecule has 0 aliphatic rings. The average molecular weight is 854 g/mol. The molecule has 0 aliphatic heterocycles. The average Bonchev–Trinajstić information content (AvgIpc) is 3.64. The van der Waals surface area contributed by atoms with E-state index < -0.39 is 78.1 Å². The van der Waals surface area contributed by atoms with Crippen LogP contribution in [0.4, 0.5) is 0 Å². The highest BCUT2D eigenvalue weighted by Gasteiger charge is 2.31. The smallest absolute Gasteiger partial charge is 0.243 e. The van der Waals surface area contributed by atoms with Gasteiger partial charge in [0.1, 0.15) is 36.0 Å². The van der Waals surface area contributed by atoms with Crippen molar-refractivity contribution in [2.24, 2.45) is 17.4 Å². The third kappa shape index (κ3) is 15.4. The van der Waals surface area contributed by atoms with Crippen LogP contribution in [0, 0.1) is 5.92 Å². The van der Waals surface area contributed by atoms with Gasteiger partial charge in [-0.25, -0.2) is 0 Å². The van der Waals surface area contributed by atoms with Crippen molar-refractivity contribution in [2.45, 2.75) is 95.9 Å². The van der Waals surface area contributed by atoms with Crippen LogP contribution in [0.25, 0.3) is 10.9 Å². The number of carbonyl (C=O) groups is 7. The number of H-pyrrole nitrogens is 1. The molecule has 3 aromatic carbocycles. The first-order valence-electron chi connectivity index (χ1n) is 20.7. The molecule has 17 nitrogen and oxygen atoms in total. The highest BCUT2D eigenvalue weighted by Crippen LogP contribution is 2.19. The van der Waals surface area contributed by atoms with Gasteiger partial charge in [-0.3, -0.25) is 33.6 Å². The standard InChI is InChI=1S/C45H59N9O8/c1-27(2)21-37(50-28(3)55)44(61)54-38(23-30-16-18-32(56)19-17-30)42(59)49-26-40(57)51-39(22-29-11-5-4-6-12-29)45(62)52-35(15-9-10-20-46)43(60)53-36(41(47)58)24-31-25-48-34-14-8-7-13-33(31)34/h4-8,11-14,16-19,25,27,35-39,48,56H,9-10,15,20-24,26,46H2,1-3H3,(H2,47,58)(H,49,59)(H,50,55)(H,51,57)(H,52,62)(H,53,60)(H,54,61)/t35-,36-,37-,38-,39-/m0/s1. The second-order valence-corrected chi connectivity index (χ2v) is 15.7. The summed E-state index contributed by atoms with van der Waals surface area (Å²) in [6.07, 6.45) is 3.34. The summed E-state index contributed by atoms with van der Waals surface area (Å²) in [5.74, 6) is -4.54. The Labute approximate surface area is 360 Å². The highest BCUT2D eigenvalue weighted by atomic mass is 16.3. The van der Waals surface area contributed by atoms with E-state index in [1.807, 2.05) is 38.1 Å². The van der Waals surface area contributed by atoms with Crippen LogP contribution >= 0.6 is 0 Å². The topological polar surface area (TPSA) is 280 Å². The van der Waals surface area contributed by atoms with Gasteiger partial charge in [-0.15, -0.1) is 0 Å². The molecule has 0 radical (unpaired) electrons. The van der Waals surface area contributed by atoms with Gasteiger partial charge in [-0.2, -0.15) is 0 Å². The molecule has 332 valence electrons. The first-order valence-corrected chi connectivity index (χ1v) is 20.7. The predicted molar refractivity (Wildman–Crippen MR) is 234 cm³/mol. The minimum atomic E-state index is -1.22. The molecule has 7 amide bonds. The number of unbranched alkanes of at least 4 members (excludes halogenated alkanes) is 1. The number of nitrogens with one attached hydrogen (secondary N) is 7. The third-order valence-corrected chi connectivity index (χ3v) is 10.1. The molecule has 4 rings (SSSR count). The number of aromatic amines is 1. The van der Waals surface area contributed by atoms with Crippen molar-refractivity contribution < 1.29 is 38.7 Å². The van der Waals surface area contributed by atoms with E-state index in [-0.39, 0.29) is 37.4 Å². The number of primary amides is 1. The van der Waals surface area contributed by atoms with Crippen LogP contribution in [0.1, 0.15) is 63.1 Å². The molecule has 17 heteroatoms. The summed E-state index contributed by atoms with van der Waals surface area (Å²) < 4.78 is 0. The monoisotopic (exact) mass is 853 g/mol. The van der Waals surface area contributed by atoms with E-state index >= 15 is 0 Å². The summed E-state index contributed by atoms with van der Waals surface area (Å²) in [5, 5.41) is 26.7. The lowest BCUT2D eigenvalue weighted by Gasteiger charge is -2.25. The van der Waals surface area contributed by atoms with Gasteiger partial charge < -0.3 is 53.5 Å². The van der Waals surface area contributed by atoms with Crippen molar-refractivity contribution in [3.63, 3.8) is 0 Å². The Balaban J connectivity index is 1.49. The predicted octanol–water partition coefficient (Wildman–Crippen LogP) is 1.12. The maximum absolute atomic E-state index is 14.1. The largest absolute Gasteiger partial charge is 0.508 e. The van der Waals surface area contributed by atoms with Crippen LogP contribution in [0.5, 0.6) is 5.75 Å². The van der Waals surface area contributed by atoms with Crippen molar-refractivity contribution >= 4 is 52.3 Å². The number of hydrogen-bond acceptors (Lipinski definition) is 9. The van der Waals surface area contributed by atoms with Gasteiger partial charge in [0.05, 0.1) is 6.54 Å². The Bertz CT molecular complexity index is 2140. The van der Waals surface area contributed by atoms with Crippen LogP contribution in [0.2, 0.25) is 0 Å². The zero-order valence-electron chi connectivity index (χ0n) is 35.4. The Morgan fingerprint density at radius 2 is 1.23 bits per heavy atom. The second kappa shape index (κ2) is 23.9. The maximum atomic E-state index is 14.1. The van der Waals surface area contributed by atoms with Crippen LogP contribution < -0.4 is 43.4 Å². The number of phenolic OH excluding ortho intramolecular Hbond substituents is 1. The maximum Gasteiger partial charge on any atom is 0.243 e. The quantitative estimate of drug-likeness (QED) is 0.0452. The SMILES string of the molecule is CC(=O)N[C@@H](CC(C)C)C(=O)N[C@@H](Cc1ccc(O)cc1)C(=O)NCC(=O)N[C@@H](Cc1ccccc1)C(=O)N[C@@H](CCCCN)C(=O)N[C@@H](Cc1c[nH]c2ccccc12)C(N)=O. The number of aromatic hydroxyl groups is 1. The lowest BCUT2D eigenvalue weighted by atomic mass is 10.0. The van der Waals surface area contributed by atoms with Crippen LogP contribution in [0.15, 0.2) is 85.1 Å². The van der Waals surface area contributed by atoms with E-state index in [2.05, 4.69) is 36.9 Å². The third-order valence-electron chi connectivity index (χ3n) is 10.1. The number of rotatable bonds is 24. The van der Waals surface area contributed by atoms with Crippen molar-refractivity contribution in [2.75, 3.05) is 13.1 Å². The first kappa shape index (κ1) is 47.9. The van der Waals surface area contributed by atoms with Gasteiger partial charge in [0, 0.05) is 43.3 Å². The number of benzene rings is 3. The highest BCUT2D eigenvalue weighted by molar-refractivity contribution is 5.96. The van der Waals surface area contributed by atoms with Crippen LogP contribution in [0.3, 0.4) is 0 Å². The van der Waals surface area contributed by atoms with Gasteiger partial charge >= 0.3 is 0 Å². The molecule has 0 saturated carbocycles. The molecule has 0 fully saturated rings. The zero-order chi connectivity index (χ0) is 45.2. The van der Waals surface area contributed by atoms with Crippen molar-refractivity contribution in [3.8, 4) is 5.75 Å². The van der Waals surface area contributed by atoms with E-state index in [0.717, 1.165) is 16.5 Å². The van der Waals surface area contributed by atoms with Gasteiger partial charge in [-0.1, -0.05) is 74.5 Å². The van der Waals surface area contributed by atoms with Gasteiger partial charge in [0.25, 0.3) is 0 Å². The normalized spacial score (nSPS) is 13.5. The Kier molecular flexibility index (Phi) is 18.5. The zero-order valence-corrected chi connectivity index (χ0v) is 35.4. The fourth-order valence-electron chi connectivity index (χ4n) is 6.94. The van der Waals surface area contributed by atoms with E-state index in [4.69, 9.17) is 11.5 Å². The molecular formula is C45H59N9O8. The molecule has 0 aliphatic carbocycles. The minimum absolute atomic E-state index is 0.00558. The number of aromatic nitrogens is 1. The number of fused-ring (bicyclic) bond motifs is 1. The van der Waals surface area contributed by atoms with Crippen LogP contribution in [-0.4, -0.2) is 94.7 Å². The number of hydrogen-bond donors (Lipinski definition) is 10. The lowest BCUT2D eigenvalue weighted by molar-refractivity contribution is -0.134. The summed E-state index contributed by atoms with van der Waals surface area (Å²) >= 11 is 0. The number of nitrogens with two attached hydrogens (primary N) is 2. The molecule has 12 N–H and O–H groups in total.